The second-order valence-corrected chi connectivity index (χ2v) is 4.88. The summed E-state index contributed by atoms with van der Waals surface area (Å²) in [5.74, 6) is 0. The zero-order chi connectivity index (χ0) is 7.82. The number of hydrogen-bond acceptors (Lipinski definition) is 0. The van der Waals surface area contributed by atoms with Crippen LogP contribution >= 0.6 is 0 Å². The van der Waals surface area contributed by atoms with Crippen molar-refractivity contribution in [1.29, 1.82) is 0 Å². The van der Waals surface area contributed by atoms with Crippen LogP contribution in [0.2, 0.25) is 12.1 Å². The van der Waals surface area contributed by atoms with Crippen LogP contribution in [0.4, 0.5) is 0 Å². The molecular formula is C9H22Si. The fourth-order valence-electron chi connectivity index (χ4n) is 1.60. The molecule has 1 saturated carbocycles. The zero-order valence-electron chi connectivity index (χ0n) is 7.82. The Hall–Kier alpha value is 0.217. The highest BCUT2D eigenvalue weighted by atomic mass is 28.2. The Morgan fingerprint density at radius 1 is 1.00 bits per heavy atom. The molecule has 0 bridgehead atoms. The smallest absolute Gasteiger partial charge is 0.0201 e. The summed E-state index contributed by atoms with van der Waals surface area (Å²) in [6, 6.07) is 0. The molecule has 0 aromatic rings. The first-order valence-electron chi connectivity index (χ1n) is 4.93. The van der Waals surface area contributed by atoms with E-state index in [-0.39, 0.29) is 0 Å². The van der Waals surface area contributed by atoms with Crippen LogP contribution in [0.15, 0.2) is 0 Å². The van der Waals surface area contributed by atoms with Gasteiger partial charge in [0.1, 0.15) is 0 Å². The molecule has 0 heterocycles. The van der Waals surface area contributed by atoms with Crippen LogP contribution in [-0.2, 0) is 0 Å². The molecule has 62 valence electrons. The first-order chi connectivity index (χ1) is 4.93. The van der Waals surface area contributed by atoms with Gasteiger partial charge in [0, 0.05) is 9.52 Å². The molecule has 0 nitrogen and oxygen atoms in total. The normalized spacial score (nSPS) is 20.7. The lowest BCUT2D eigenvalue weighted by molar-refractivity contribution is 0.501. The van der Waals surface area contributed by atoms with Crippen LogP contribution in [0.1, 0.15) is 46.0 Å². The molecule has 0 atom stereocenters. The summed E-state index contributed by atoms with van der Waals surface area (Å²) in [6.45, 7) is 6.45. The van der Waals surface area contributed by atoms with Crippen LogP contribution in [0.3, 0.4) is 0 Å². The van der Waals surface area contributed by atoms with Gasteiger partial charge in [-0.05, 0) is 0 Å². The summed E-state index contributed by atoms with van der Waals surface area (Å²) in [7, 11) is 0.368. The van der Waals surface area contributed by atoms with Crippen molar-refractivity contribution < 1.29 is 0 Å². The lowest BCUT2D eigenvalue weighted by atomic mass is 10.0. The second-order valence-electron chi connectivity index (χ2n) is 2.91. The molecule has 0 aromatic heterocycles. The molecule has 1 aliphatic rings. The van der Waals surface area contributed by atoms with Crippen molar-refractivity contribution in [2.75, 3.05) is 0 Å². The third-order valence-electron chi connectivity index (χ3n) is 2.30. The van der Waals surface area contributed by atoms with E-state index >= 15 is 0 Å². The second kappa shape index (κ2) is 7.33. The standard InChI is InChI=1S/C7H16Si.C2H6/c1-8-7-5-3-2-4-6-7;1-2/h7H,2-6,8H2,1H3;1-2H3. The zero-order valence-corrected chi connectivity index (χ0v) is 9.23. The van der Waals surface area contributed by atoms with Gasteiger partial charge in [-0.15, -0.1) is 0 Å². The predicted molar refractivity (Wildman–Crippen MR) is 52.6 cm³/mol. The quantitative estimate of drug-likeness (QED) is 0.515. The Kier molecular flexibility index (Phi) is 7.48. The molecule has 0 N–H and O–H groups in total. The Labute approximate surface area is 68.2 Å². The average Bonchev–Trinajstić information content (AvgIpc) is 2.10. The molecule has 10 heavy (non-hydrogen) atoms. The molecule has 0 amide bonds. The van der Waals surface area contributed by atoms with E-state index in [1.54, 1.807) is 12.8 Å². The van der Waals surface area contributed by atoms with Gasteiger partial charge < -0.3 is 0 Å². The minimum absolute atomic E-state index is 0.368. The van der Waals surface area contributed by atoms with Gasteiger partial charge in [-0.2, -0.15) is 0 Å². The molecule has 0 aliphatic heterocycles. The van der Waals surface area contributed by atoms with Gasteiger partial charge in [-0.1, -0.05) is 58.0 Å². The van der Waals surface area contributed by atoms with E-state index in [2.05, 4.69) is 6.55 Å². The third kappa shape index (κ3) is 4.10. The Balaban J connectivity index is 0.000000371. The molecule has 1 rings (SSSR count). The molecule has 0 aromatic carbocycles. The fraction of sp³-hybridized carbons (Fsp3) is 1.00. The molecule has 0 radical (unpaired) electrons. The van der Waals surface area contributed by atoms with Crippen LogP contribution < -0.4 is 0 Å². The number of rotatable bonds is 1. The fourth-order valence-corrected chi connectivity index (χ4v) is 2.99. The van der Waals surface area contributed by atoms with Crippen molar-refractivity contribution in [1.82, 2.24) is 0 Å². The van der Waals surface area contributed by atoms with Crippen molar-refractivity contribution in [3.63, 3.8) is 0 Å². The highest BCUT2D eigenvalue weighted by Gasteiger charge is 2.09. The van der Waals surface area contributed by atoms with Crippen molar-refractivity contribution in [2.45, 2.75) is 58.0 Å². The van der Waals surface area contributed by atoms with Crippen LogP contribution in [-0.4, -0.2) is 9.52 Å². The van der Waals surface area contributed by atoms with Crippen LogP contribution in [0.25, 0.3) is 0 Å². The highest BCUT2D eigenvalue weighted by Crippen LogP contribution is 2.27. The van der Waals surface area contributed by atoms with E-state index in [4.69, 9.17) is 0 Å². The van der Waals surface area contributed by atoms with Gasteiger partial charge in [-0.3, -0.25) is 0 Å². The Morgan fingerprint density at radius 3 is 1.80 bits per heavy atom. The van der Waals surface area contributed by atoms with Crippen molar-refractivity contribution in [3.8, 4) is 0 Å². The summed E-state index contributed by atoms with van der Waals surface area (Å²) in [5.41, 5.74) is 1.23. The summed E-state index contributed by atoms with van der Waals surface area (Å²) in [5, 5.41) is 0. The molecule has 0 unspecified atom stereocenters. The van der Waals surface area contributed by atoms with Crippen LogP contribution in [0, 0.1) is 0 Å². The van der Waals surface area contributed by atoms with Gasteiger partial charge >= 0.3 is 0 Å². The van der Waals surface area contributed by atoms with Crippen molar-refractivity contribution >= 4 is 9.52 Å². The molecule has 1 heteroatoms. The summed E-state index contributed by atoms with van der Waals surface area (Å²) >= 11 is 0. The van der Waals surface area contributed by atoms with Crippen LogP contribution in [0.5, 0.6) is 0 Å². The van der Waals surface area contributed by atoms with E-state index in [0.29, 0.717) is 9.52 Å². The van der Waals surface area contributed by atoms with Crippen molar-refractivity contribution in [2.24, 2.45) is 0 Å². The molecule has 0 spiro atoms. The first-order valence-corrected chi connectivity index (χ1v) is 7.16. The maximum Gasteiger partial charge on any atom is 0.0201 e. The van der Waals surface area contributed by atoms with E-state index in [0.717, 1.165) is 0 Å². The van der Waals surface area contributed by atoms with E-state index in [1.165, 1.54) is 24.8 Å². The molecule has 0 saturated heterocycles. The molecule has 1 fully saturated rings. The van der Waals surface area contributed by atoms with Crippen molar-refractivity contribution in [3.05, 3.63) is 0 Å². The minimum Gasteiger partial charge on any atom is -0.0746 e. The SMILES string of the molecule is CC.C[SiH2]C1CCCCC1. The topological polar surface area (TPSA) is 0 Å². The first kappa shape index (κ1) is 10.2. The molecule has 1 aliphatic carbocycles. The largest absolute Gasteiger partial charge is 0.0746 e. The molecular weight excluding hydrogens is 136 g/mol. The lowest BCUT2D eigenvalue weighted by Crippen LogP contribution is -2.04. The lowest BCUT2D eigenvalue weighted by Gasteiger charge is -2.18. The average molecular weight is 158 g/mol. The maximum atomic E-state index is 2.45. The third-order valence-corrected chi connectivity index (χ3v) is 4.27. The van der Waals surface area contributed by atoms with E-state index < -0.39 is 0 Å². The van der Waals surface area contributed by atoms with E-state index in [1.807, 2.05) is 13.8 Å². The summed E-state index contributed by atoms with van der Waals surface area (Å²) in [4.78, 5) is 0. The van der Waals surface area contributed by atoms with Gasteiger partial charge in [0.05, 0.1) is 0 Å². The Morgan fingerprint density at radius 2 is 1.50 bits per heavy atom. The summed E-state index contributed by atoms with van der Waals surface area (Å²) in [6.07, 6.45) is 7.73. The highest BCUT2D eigenvalue weighted by molar-refractivity contribution is 6.35. The number of hydrogen-bond donors (Lipinski definition) is 0. The van der Waals surface area contributed by atoms with Gasteiger partial charge in [-0.25, -0.2) is 0 Å². The predicted octanol–water partition coefficient (Wildman–Crippen LogP) is 2.98. The Bertz CT molecular complexity index is 55.7. The summed E-state index contributed by atoms with van der Waals surface area (Å²) < 4.78 is 0. The van der Waals surface area contributed by atoms with Gasteiger partial charge in [0.15, 0.2) is 0 Å². The van der Waals surface area contributed by atoms with Gasteiger partial charge in [0.25, 0.3) is 0 Å². The van der Waals surface area contributed by atoms with E-state index in [9.17, 15) is 0 Å². The monoisotopic (exact) mass is 158 g/mol. The maximum absolute atomic E-state index is 2.45. The van der Waals surface area contributed by atoms with Gasteiger partial charge in [0.2, 0.25) is 0 Å². The minimum atomic E-state index is 0.368.